The number of hydrogen-bond acceptors (Lipinski definition) is 8. The maximum absolute atomic E-state index is 11.4. The van der Waals surface area contributed by atoms with E-state index in [2.05, 4.69) is 20.2 Å². The Morgan fingerprint density at radius 1 is 1.26 bits per heavy atom. The van der Waals surface area contributed by atoms with Crippen molar-refractivity contribution in [2.75, 3.05) is 31.2 Å². The van der Waals surface area contributed by atoms with Gasteiger partial charge in [-0.1, -0.05) is 23.4 Å². The van der Waals surface area contributed by atoms with Gasteiger partial charge in [-0.3, -0.25) is 4.79 Å². The molecule has 1 fully saturated rings. The Kier molecular flexibility index (Phi) is 4.65. The number of anilines is 1. The monoisotopic (exact) mass is 369 g/mol. The van der Waals surface area contributed by atoms with Crippen molar-refractivity contribution in [1.29, 1.82) is 0 Å². The van der Waals surface area contributed by atoms with Gasteiger partial charge in [0.05, 0.1) is 19.8 Å². The number of nitrogens with two attached hydrogens (primary N) is 1. The van der Waals surface area contributed by atoms with Crippen LogP contribution in [0.15, 0.2) is 24.3 Å². The zero-order valence-corrected chi connectivity index (χ0v) is 14.6. The Balaban J connectivity index is 1.88. The molecule has 1 aromatic carbocycles. The lowest BCUT2D eigenvalue weighted by Gasteiger charge is -2.28. The fourth-order valence-corrected chi connectivity index (χ4v) is 3.03. The van der Waals surface area contributed by atoms with E-state index in [-0.39, 0.29) is 13.2 Å². The third-order valence-corrected chi connectivity index (χ3v) is 4.33. The summed E-state index contributed by atoms with van der Waals surface area (Å²) in [4.78, 5) is 22.7. The van der Waals surface area contributed by atoms with E-state index in [1.54, 1.807) is 0 Å². The highest BCUT2D eigenvalue weighted by Gasteiger charge is 2.22. The minimum atomic E-state index is -0.530. The number of benzene rings is 1. The van der Waals surface area contributed by atoms with Crippen LogP contribution in [0.25, 0.3) is 22.6 Å². The molecule has 0 saturated carbocycles. The van der Waals surface area contributed by atoms with Gasteiger partial charge < -0.3 is 20.5 Å². The molecule has 0 spiro atoms. The van der Waals surface area contributed by atoms with Gasteiger partial charge >= 0.3 is 0 Å². The molecule has 0 radical (unpaired) electrons. The average Bonchev–Trinajstić information content (AvgIpc) is 3.10. The number of carbonyl (C=O) groups excluding carboxylic acids is 1. The molecule has 1 aliphatic heterocycles. The van der Waals surface area contributed by atoms with Gasteiger partial charge in [0.25, 0.3) is 0 Å². The molecule has 2 aromatic heterocycles. The Hall–Kier alpha value is -3.11. The first kappa shape index (κ1) is 17.3. The highest BCUT2D eigenvalue weighted by molar-refractivity contribution is 5.86. The summed E-state index contributed by atoms with van der Waals surface area (Å²) in [7, 11) is 0. The van der Waals surface area contributed by atoms with Gasteiger partial charge in [-0.15, -0.1) is 5.10 Å². The number of aliphatic hydroxyl groups excluding tert-OH is 1. The van der Waals surface area contributed by atoms with E-state index in [4.69, 9.17) is 15.5 Å². The number of nitrogens with zero attached hydrogens (tertiary/aromatic N) is 6. The molecule has 0 unspecified atom stereocenters. The van der Waals surface area contributed by atoms with E-state index in [1.807, 2.05) is 24.3 Å². The Bertz CT molecular complexity index is 982. The Morgan fingerprint density at radius 3 is 2.81 bits per heavy atom. The maximum Gasteiger partial charge on any atom is 0.239 e. The molecule has 0 atom stereocenters. The number of aromatic nitrogens is 5. The third kappa shape index (κ3) is 3.44. The van der Waals surface area contributed by atoms with Crippen LogP contribution in [0.1, 0.15) is 5.56 Å². The van der Waals surface area contributed by atoms with Crippen molar-refractivity contribution in [1.82, 2.24) is 25.0 Å². The molecule has 1 aliphatic rings. The molecule has 3 N–H and O–H groups in total. The van der Waals surface area contributed by atoms with E-state index in [0.717, 1.165) is 11.1 Å². The number of rotatable bonds is 5. The van der Waals surface area contributed by atoms with Crippen LogP contribution in [0.4, 0.5) is 5.82 Å². The first-order valence-electron chi connectivity index (χ1n) is 8.58. The fourth-order valence-electron chi connectivity index (χ4n) is 3.03. The van der Waals surface area contributed by atoms with E-state index >= 15 is 0 Å². The summed E-state index contributed by atoms with van der Waals surface area (Å²) >= 11 is 0. The molecule has 3 heterocycles. The second kappa shape index (κ2) is 7.25. The quantitative estimate of drug-likeness (QED) is 0.626. The van der Waals surface area contributed by atoms with Crippen LogP contribution >= 0.6 is 0 Å². The summed E-state index contributed by atoms with van der Waals surface area (Å²) < 4.78 is 6.80. The molecule has 10 heteroatoms. The highest BCUT2D eigenvalue weighted by atomic mass is 16.5. The number of primary amides is 1. The Morgan fingerprint density at radius 2 is 2.07 bits per heavy atom. The number of ether oxygens (including phenoxy) is 1. The van der Waals surface area contributed by atoms with Crippen molar-refractivity contribution >= 4 is 22.9 Å². The highest BCUT2D eigenvalue weighted by Crippen LogP contribution is 2.27. The van der Waals surface area contributed by atoms with Crippen molar-refractivity contribution < 1.29 is 14.6 Å². The first-order chi connectivity index (χ1) is 13.2. The lowest BCUT2D eigenvalue weighted by atomic mass is 10.1. The summed E-state index contributed by atoms with van der Waals surface area (Å²) in [6.45, 7) is 2.34. The van der Waals surface area contributed by atoms with Crippen LogP contribution < -0.4 is 10.6 Å². The fraction of sp³-hybridized carbons (Fsp3) is 0.353. The molecule has 1 amide bonds. The van der Waals surface area contributed by atoms with E-state index in [1.165, 1.54) is 4.68 Å². The summed E-state index contributed by atoms with van der Waals surface area (Å²) in [6, 6.07) is 7.35. The summed E-state index contributed by atoms with van der Waals surface area (Å²) in [5.74, 6) is 0.577. The van der Waals surface area contributed by atoms with Crippen molar-refractivity contribution in [3.05, 3.63) is 29.8 Å². The second-order valence-corrected chi connectivity index (χ2v) is 6.21. The van der Waals surface area contributed by atoms with Crippen molar-refractivity contribution in [2.24, 2.45) is 5.73 Å². The molecule has 27 heavy (non-hydrogen) atoms. The van der Waals surface area contributed by atoms with Crippen molar-refractivity contribution in [2.45, 2.75) is 13.2 Å². The predicted molar refractivity (Wildman–Crippen MR) is 96.7 cm³/mol. The predicted octanol–water partition coefficient (Wildman–Crippen LogP) is -0.297. The number of fused-ring (bicyclic) bond motifs is 1. The lowest BCUT2D eigenvalue weighted by molar-refractivity contribution is -0.118. The molecule has 0 bridgehead atoms. The van der Waals surface area contributed by atoms with E-state index in [9.17, 15) is 9.90 Å². The minimum absolute atomic E-state index is 0.0758. The second-order valence-electron chi connectivity index (χ2n) is 6.21. The maximum atomic E-state index is 11.4. The normalized spacial score (nSPS) is 14.6. The zero-order valence-electron chi connectivity index (χ0n) is 14.6. The topological polar surface area (TPSA) is 132 Å². The van der Waals surface area contributed by atoms with E-state index in [0.29, 0.717) is 49.1 Å². The molecule has 140 valence electrons. The first-order valence-corrected chi connectivity index (χ1v) is 8.58. The number of carbonyl (C=O) groups is 1. The van der Waals surface area contributed by atoms with Gasteiger partial charge in [0.15, 0.2) is 22.8 Å². The summed E-state index contributed by atoms with van der Waals surface area (Å²) in [5, 5.41) is 17.6. The van der Waals surface area contributed by atoms with Gasteiger partial charge in [-0.25, -0.2) is 14.6 Å². The SMILES string of the molecule is NC(=O)Cn1nnc2c(N3CCOCC3)nc(-c3cccc(CO)c3)nc21. The zero-order chi connectivity index (χ0) is 18.8. The van der Waals surface area contributed by atoms with Gasteiger partial charge in [0.2, 0.25) is 5.91 Å². The van der Waals surface area contributed by atoms with Crippen molar-refractivity contribution in [3.63, 3.8) is 0 Å². The minimum Gasteiger partial charge on any atom is -0.392 e. The largest absolute Gasteiger partial charge is 0.392 e. The van der Waals surface area contributed by atoms with Crippen LogP contribution in [0.2, 0.25) is 0 Å². The summed E-state index contributed by atoms with van der Waals surface area (Å²) in [5.41, 5.74) is 7.78. The van der Waals surface area contributed by atoms with Gasteiger partial charge in [-0.05, 0) is 11.6 Å². The molecular weight excluding hydrogens is 350 g/mol. The average molecular weight is 369 g/mol. The van der Waals surface area contributed by atoms with E-state index < -0.39 is 5.91 Å². The van der Waals surface area contributed by atoms with Gasteiger partial charge in [0.1, 0.15) is 6.54 Å². The van der Waals surface area contributed by atoms with Crippen LogP contribution in [0.3, 0.4) is 0 Å². The number of morpholine rings is 1. The van der Waals surface area contributed by atoms with Crippen molar-refractivity contribution in [3.8, 4) is 11.4 Å². The molecule has 1 saturated heterocycles. The molecule has 3 aromatic rings. The molecule has 10 nitrogen and oxygen atoms in total. The lowest BCUT2D eigenvalue weighted by Crippen LogP contribution is -2.37. The Labute approximate surface area is 154 Å². The number of amides is 1. The van der Waals surface area contributed by atoms with Crippen LogP contribution in [-0.2, 0) is 22.7 Å². The third-order valence-electron chi connectivity index (χ3n) is 4.33. The molecular formula is C17H19N7O3. The smallest absolute Gasteiger partial charge is 0.239 e. The summed E-state index contributed by atoms with van der Waals surface area (Å²) in [6.07, 6.45) is 0. The van der Waals surface area contributed by atoms with Gasteiger partial charge in [0, 0.05) is 18.7 Å². The standard InChI is InChI=1S/C17H19N7O3/c18-13(26)9-24-17-14(21-22-24)16(23-4-6-27-7-5-23)19-15(20-17)12-3-1-2-11(8-12)10-25/h1-3,8,25H,4-7,9-10H2,(H2,18,26). The molecule has 0 aliphatic carbocycles. The van der Waals surface area contributed by atoms with Gasteiger partial charge in [-0.2, -0.15) is 0 Å². The number of aliphatic hydroxyl groups is 1. The van der Waals surface area contributed by atoms with Crippen LogP contribution in [0.5, 0.6) is 0 Å². The number of hydrogen-bond donors (Lipinski definition) is 2. The van der Waals surface area contributed by atoms with Crippen LogP contribution in [0, 0.1) is 0 Å². The van der Waals surface area contributed by atoms with Crippen LogP contribution in [-0.4, -0.2) is 62.3 Å². The molecule has 4 rings (SSSR count).